The average Bonchev–Trinajstić information content (AvgIpc) is 1.87. The van der Waals surface area contributed by atoms with Gasteiger partial charge in [-0.3, -0.25) is 0 Å². The van der Waals surface area contributed by atoms with Crippen molar-refractivity contribution in [3.63, 3.8) is 0 Å². The zero-order valence-corrected chi connectivity index (χ0v) is 5.95. The first-order valence-electron chi connectivity index (χ1n) is 2.52. The van der Waals surface area contributed by atoms with Crippen LogP contribution in [0.4, 0.5) is 4.39 Å². The van der Waals surface area contributed by atoms with E-state index in [4.69, 9.17) is 11.6 Å². The molecular weight excluding hydrogens is 139 g/mol. The first-order chi connectivity index (χ1) is 4.22. The van der Waals surface area contributed by atoms with Crippen LogP contribution in [0, 0.1) is 0 Å². The number of rotatable bonds is 2. The van der Waals surface area contributed by atoms with E-state index in [9.17, 15) is 4.39 Å². The molecule has 0 aliphatic heterocycles. The summed E-state index contributed by atoms with van der Waals surface area (Å²) in [6.45, 7) is 5.02. The molecule has 0 aromatic rings. The molecule has 0 saturated heterocycles. The van der Waals surface area contributed by atoms with Gasteiger partial charge in [0.15, 0.2) is 0 Å². The molecule has 0 fully saturated rings. The Labute approximate surface area is 59.3 Å². The second kappa shape index (κ2) is 4.33. The molecular formula is C7H8ClF. The van der Waals surface area contributed by atoms with E-state index in [1.54, 1.807) is 13.0 Å². The molecule has 0 atom stereocenters. The first-order valence-corrected chi connectivity index (χ1v) is 2.90. The Balaban J connectivity index is 4.27. The van der Waals surface area contributed by atoms with E-state index in [-0.39, 0.29) is 5.03 Å². The van der Waals surface area contributed by atoms with Crippen LogP contribution in [0.3, 0.4) is 0 Å². The van der Waals surface area contributed by atoms with E-state index in [1.165, 1.54) is 12.2 Å². The fraction of sp³-hybridized carbons (Fsp3) is 0.143. The van der Waals surface area contributed by atoms with Crippen molar-refractivity contribution in [3.05, 3.63) is 35.7 Å². The summed E-state index contributed by atoms with van der Waals surface area (Å²) < 4.78 is 12.4. The Kier molecular flexibility index (Phi) is 4.06. The van der Waals surface area contributed by atoms with Crippen LogP contribution in [0.25, 0.3) is 0 Å². The standard InChI is InChI=1S/C7H8ClF/c1-3-5-7(9)6(8)4-2/h3-5H,2H2,1H3/b5-3-,7-6-. The maximum absolute atomic E-state index is 12.4. The smallest absolute Gasteiger partial charge is 0.141 e. The quantitative estimate of drug-likeness (QED) is 0.525. The molecule has 0 aromatic heterocycles. The molecule has 0 amide bonds. The summed E-state index contributed by atoms with van der Waals surface area (Å²) in [5, 5.41) is 0.0492. The Morgan fingerprint density at radius 2 is 2.22 bits per heavy atom. The summed E-state index contributed by atoms with van der Waals surface area (Å²) in [5.74, 6) is -0.450. The van der Waals surface area contributed by atoms with E-state index in [2.05, 4.69) is 6.58 Å². The van der Waals surface area contributed by atoms with E-state index in [0.717, 1.165) is 0 Å². The summed E-state index contributed by atoms with van der Waals surface area (Å²) in [5.41, 5.74) is 0. The Bertz CT molecular complexity index is 156. The average molecular weight is 147 g/mol. The summed E-state index contributed by atoms with van der Waals surface area (Å²) in [4.78, 5) is 0. The molecule has 0 nitrogen and oxygen atoms in total. The van der Waals surface area contributed by atoms with Crippen LogP contribution in [0.2, 0.25) is 0 Å². The van der Waals surface area contributed by atoms with Gasteiger partial charge in [-0.15, -0.1) is 0 Å². The highest BCUT2D eigenvalue weighted by atomic mass is 35.5. The van der Waals surface area contributed by atoms with E-state index < -0.39 is 5.83 Å². The minimum Gasteiger partial charge on any atom is -0.205 e. The third-order valence-electron chi connectivity index (χ3n) is 0.720. The van der Waals surface area contributed by atoms with Crippen molar-refractivity contribution < 1.29 is 4.39 Å². The monoisotopic (exact) mass is 146 g/mol. The van der Waals surface area contributed by atoms with E-state index in [1.807, 2.05) is 0 Å². The summed E-state index contributed by atoms with van der Waals surface area (Å²) in [6.07, 6.45) is 4.11. The zero-order valence-electron chi connectivity index (χ0n) is 5.20. The summed E-state index contributed by atoms with van der Waals surface area (Å²) in [7, 11) is 0. The van der Waals surface area contributed by atoms with E-state index >= 15 is 0 Å². The largest absolute Gasteiger partial charge is 0.205 e. The Morgan fingerprint density at radius 3 is 2.56 bits per heavy atom. The lowest BCUT2D eigenvalue weighted by atomic mass is 10.4. The molecule has 9 heavy (non-hydrogen) atoms. The van der Waals surface area contributed by atoms with Crippen molar-refractivity contribution in [2.24, 2.45) is 0 Å². The fourth-order valence-corrected chi connectivity index (χ4v) is 0.386. The molecule has 2 heteroatoms. The number of hydrogen-bond donors (Lipinski definition) is 0. The van der Waals surface area contributed by atoms with Gasteiger partial charge >= 0.3 is 0 Å². The predicted molar refractivity (Wildman–Crippen MR) is 39.0 cm³/mol. The van der Waals surface area contributed by atoms with Crippen molar-refractivity contribution in [1.29, 1.82) is 0 Å². The predicted octanol–water partition coefficient (Wildman–Crippen LogP) is 3.17. The van der Waals surface area contributed by atoms with Gasteiger partial charge in [0, 0.05) is 0 Å². The van der Waals surface area contributed by atoms with Gasteiger partial charge in [-0.05, 0) is 19.1 Å². The normalized spacial score (nSPS) is 13.7. The van der Waals surface area contributed by atoms with Crippen LogP contribution in [-0.2, 0) is 0 Å². The highest BCUT2D eigenvalue weighted by molar-refractivity contribution is 6.31. The van der Waals surface area contributed by atoms with Gasteiger partial charge in [-0.1, -0.05) is 24.3 Å². The second-order valence-electron chi connectivity index (χ2n) is 1.40. The minimum atomic E-state index is -0.450. The van der Waals surface area contributed by atoms with Gasteiger partial charge in [0.25, 0.3) is 0 Å². The van der Waals surface area contributed by atoms with E-state index in [0.29, 0.717) is 0 Å². The van der Waals surface area contributed by atoms with Crippen LogP contribution in [-0.4, -0.2) is 0 Å². The molecule has 0 aliphatic carbocycles. The van der Waals surface area contributed by atoms with Crippen LogP contribution >= 0.6 is 11.6 Å². The zero-order chi connectivity index (χ0) is 7.28. The van der Waals surface area contributed by atoms with Gasteiger partial charge in [0.2, 0.25) is 0 Å². The van der Waals surface area contributed by atoms with Crippen molar-refractivity contribution in [2.45, 2.75) is 6.92 Å². The molecule has 0 bridgehead atoms. The summed E-state index contributed by atoms with van der Waals surface area (Å²) in [6, 6.07) is 0. The lowest BCUT2D eigenvalue weighted by Gasteiger charge is -1.86. The van der Waals surface area contributed by atoms with Crippen LogP contribution in [0.5, 0.6) is 0 Å². The van der Waals surface area contributed by atoms with Gasteiger partial charge < -0.3 is 0 Å². The van der Waals surface area contributed by atoms with Gasteiger partial charge in [0.05, 0.1) is 5.03 Å². The third kappa shape index (κ3) is 3.09. The van der Waals surface area contributed by atoms with Crippen molar-refractivity contribution in [2.75, 3.05) is 0 Å². The van der Waals surface area contributed by atoms with Crippen molar-refractivity contribution in [1.82, 2.24) is 0 Å². The number of hydrogen-bond acceptors (Lipinski definition) is 0. The first kappa shape index (κ1) is 8.44. The third-order valence-corrected chi connectivity index (χ3v) is 1.06. The molecule has 0 aromatic carbocycles. The highest BCUT2D eigenvalue weighted by Gasteiger charge is 1.91. The van der Waals surface area contributed by atoms with Gasteiger partial charge in [-0.25, -0.2) is 4.39 Å². The van der Waals surface area contributed by atoms with Crippen molar-refractivity contribution >= 4 is 11.6 Å². The minimum absolute atomic E-state index is 0.0492. The SMILES string of the molecule is C=C/C(Cl)=C(F)\C=C/C. The summed E-state index contributed by atoms with van der Waals surface area (Å²) >= 11 is 5.33. The van der Waals surface area contributed by atoms with Crippen LogP contribution < -0.4 is 0 Å². The molecule has 0 saturated carbocycles. The molecule has 0 aliphatic rings. The number of allylic oxidation sites excluding steroid dienone is 5. The molecule has 0 heterocycles. The topological polar surface area (TPSA) is 0 Å². The Morgan fingerprint density at radius 1 is 1.67 bits per heavy atom. The lowest BCUT2D eigenvalue weighted by molar-refractivity contribution is 0.664. The molecule has 0 N–H and O–H groups in total. The maximum Gasteiger partial charge on any atom is 0.141 e. The highest BCUT2D eigenvalue weighted by Crippen LogP contribution is 2.12. The van der Waals surface area contributed by atoms with Gasteiger partial charge in [0.1, 0.15) is 5.83 Å². The lowest BCUT2D eigenvalue weighted by Crippen LogP contribution is -1.67. The fourth-order valence-electron chi connectivity index (χ4n) is 0.323. The molecule has 0 spiro atoms. The van der Waals surface area contributed by atoms with Gasteiger partial charge in [-0.2, -0.15) is 0 Å². The molecule has 50 valence electrons. The molecule has 0 rings (SSSR count). The van der Waals surface area contributed by atoms with Crippen LogP contribution in [0.15, 0.2) is 35.7 Å². The van der Waals surface area contributed by atoms with Crippen LogP contribution in [0.1, 0.15) is 6.92 Å². The second-order valence-corrected chi connectivity index (χ2v) is 1.81. The molecule has 0 radical (unpaired) electrons. The number of halogens is 2. The molecule has 0 unspecified atom stereocenters. The van der Waals surface area contributed by atoms with Crippen molar-refractivity contribution in [3.8, 4) is 0 Å². The Hall–Kier alpha value is -0.560. The maximum atomic E-state index is 12.4.